The molecule has 3 aromatic carbocycles. The summed E-state index contributed by atoms with van der Waals surface area (Å²) in [6.07, 6.45) is 4.44. The van der Waals surface area contributed by atoms with Gasteiger partial charge in [0.1, 0.15) is 0 Å². The van der Waals surface area contributed by atoms with E-state index in [-0.39, 0.29) is 11.9 Å². The molecular weight excluding hydrogens is 562 g/mol. The molecule has 0 unspecified atom stereocenters. The second kappa shape index (κ2) is 13.3. The molecule has 0 aliphatic heterocycles. The van der Waals surface area contributed by atoms with E-state index in [1.165, 1.54) is 6.42 Å². The number of fused-ring (bicyclic) bond motifs is 1. The molecule has 4 aromatic rings. The molecule has 1 aliphatic carbocycles. The first-order valence-corrected chi connectivity index (χ1v) is 14.6. The van der Waals surface area contributed by atoms with Crippen LogP contribution in [0.25, 0.3) is 33.5 Å². The molecule has 1 amide bonds. The molecule has 5 rings (SSSR count). The number of amides is 1. The number of hydrogen-bond acceptors (Lipinski definition) is 9. The van der Waals surface area contributed by atoms with Crippen LogP contribution in [-0.2, 0) is 0 Å². The van der Waals surface area contributed by atoms with Crippen LogP contribution < -0.4 is 33.7 Å². The maximum Gasteiger partial charge on any atom is 0.251 e. The molecule has 10 heteroatoms. The van der Waals surface area contributed by atoms with Crippen LogP contribution in [0.4, 0.5) is 0 Å². The van der Waals surface area contributed by atoms with Crippen molar-refractivity contribution in [1.82, 2.24) is 15.3 Å². The number of ether oxygens (including phenoxy) is 6. The van der Waals surface area contributed by atoms with Crippen molar-refractivity contribution >= 4 is 16.9 Å². The molecule has 0 radical (unpaired) electrons. The van der Waals surface area contributed by atoms with Crippen molar-refractivity contribution in [3.63, 3.8) is 0 Å². The Kier molecular flexibility index (Phi) is 9.27. The average molecular weight is 602 g/mol. The highest BCUT2D eigenvalue weighted by Gasteiger charge is 2.25. The lowest BCUT2D eigenvalue weighted by molar-refractivity contribution is 0.0910. The topological polar surface area (TPSA) is 110 Å². The zero-order chi connectivity index (χ0) is 31.4. The zero-order valence-electron chi connectivity index (χ0n) is 26.3. The van der Waals surface area contributed by atoms with Crippen molar-refractivity contribution in [2.24, 2.45) is 5.92 Å². The monoisotopic (exact) mass is 601 g/mol. The third-order valence-electron chi connectivity index (χ3n) is 8.23. The summed E-state index contributed by atoms with van der Waals surface area (Å²) in [6.45, 7) is 2.20. The Hall–Kier alpha value is -4.73. The van der Waals surface area contributed by atoms with Crippen LogP contribution in [0.3, 0.4) is 0 Å². The third-order valence-corrected chi connectivity index (χ3v) is 8.23. The Bertz CT molecular complexity index is 1620. The zero-order valence-corrected chi connectivity index (χ0v) is 26.3. The van der Waals surface area contributed by atoms with Gasteiger partial charge in [-0.2, -0.15) is 0 Å². The number of benzene rings is 3. The second-order valence-corrected chi connectivity index (χ2v) is 10.8. The fraction of sp³-hybridized carbons (Fsp3) is 0.382. The van der Waals surface area contributed by atoms with Crippen LogP contribution in [0.5, 0.6) is 34.5 Å². The highest BCUT2D eigenvalue weighted by Crippen LogP contribution is 2.45. The van der Waals surface area contributed by atoms with Crippen molar-refractivity contribution in [2.45, 2.75) is 38.6 Å². The van der Waals surface area contributed by atoms with Gasteiger partial charge in [0.25, 0.3) is 5.91 Å². The van der Waals surface area contributed by atoms with E-state index in [1.807, 2.05) is 30.3 Å². The van der Waals surface area contributed by atoms with Gasteiger partial charge in [-0.3, -0.25) is 4.79 Å². The van der Waals surface area contributed by atoms with Crippen LogP contribution in [-0.4, -0.2) is 64.6 Å². The largest absolute Gasteiger partial charge is 0.493 e. The SMILES string of the molecule is COc1cc(-c2nc3ccc(C(=O)N[C@H]4CCCC[C@@H]4C)cc3nc2-c2cc(OC)c(OC)c(OC)c2)cc(OC)c1OC. The first-order chi connectivity index (χ1) is 21.3. The number of carbonyl (C=O) groups excluding carboxylic acids is 1. The number of nitrogens with zero attached hydrogens (tertiary/aromatic N) is 2. The van der Waals surface area contributed by atoms with E-state index in [1.54, 1.807) is 54.8 Å². The van der Waals surface area contributed by atoms with E-state index in [0.29, 0.717) is 79.5 Å². The van der Waals surface area contributed by atoms with E-state index in [0.717, 1.165) is 19.3 Å². The summed E-state index contributed by atoms with van der Waals surface area (Å²) in [5.74, 6) is 3.13. The molecule has 1 aromatic heterocycles. The Morgan fingerprint density at radius 2 is 1.14 bits per heavy atom. The van der Waals surface area contributed by atoms with Gasteiger partial charge in [-0.25, -0.2) is 9.97 Å². The maximum absolute atomic E-state index is 13.3. The Balaban J connectivity index is 1.70. The minimum absolute atomic E-state index is 0.115. The van der Waals surface area contributed by atoms with Gasteiger partial charge >= 0.3 is 0 Å². The maximum atomic E-state index is 13.3. The first kappa shape index (κ1) is 30.7. The first-order valence-electron chi connectivity index (χ1n) is 14.6. The van der Waals surface area contributed by atoms with Crippen molar-refractivity contribution < 1.29 is 33.2 Å². The summed E-state index contributed by atoms with van der Waals surface area (Å²) in [4.78, 5) is 23.5. The Morgan fingerprint density at radius 3 is 1.59 bits per heavy atom. The van der Waals surface area contributed by atoms with Gasteiger partial charge in [0.2, 0.25) is 11.5 Å². The van der Waals surface area contributed by atoms with Crippen LogP contribution in [0.15, 0.2) is 42.5 Å². The highest BCUT2D eigenvalue weighted by molar-refractivity contribution is 5.98. The minimum atomic E-state index is -0.115. The smallest absolute Gasteiger partial charge is 0.251 e. The molecule has 44 heavy (non-hydrogen) atoms. The van der Waals surface area contributed by atoms with Crippen LogP contribution in [0.1, 0.15) is 43.0 Å². The van der Waals surface area contributed by atoms with Gasteiger partial charge in [0.05, 0.1) is 65.1 Å². The lowest BCUT2D eigenvalue weighted by Gasteiger charge is -2.29. The standard InChI is InChI=1S/C34H39N3O7/c1-19-10-8-9-11-23(19)37-34(38)20-12-13-24-25(14-20)36-31(22-17-28(41-4)33(44-7)29(18-22)42-5)30(35-24)21-15-26(39-2)32(43-6)27(16-21)40-3/h12-19,23H,8-11H2,1-7H3,(H,37,38)/t19-,23-/m0/s1. The van der Waals surface area contributed by atoms with Gasteiger partial charge in [-0.1, -0.05) is 19.8 Å². The molecule has 0 saturated heterocycles. The van der Waals surface area contributed by atoms with Gasteiger partial charge in [-0.05, 0) is 61.2 Å². The predicted molar refractivity (Wildman–Crippen MR) is 169 cm³/mol. The van der Waals surface area contributed by atoms with Crippen molar-refractivity contribution in [3.05, 3.63) is 48.0 Å². The number of rotatable bonds is 10. The molecule has 0 bridgehead atoms. The normalized spacial score (nSPS) is 16.2. The molecule has 2 atom stereocenters. The number of hydrogen-bond donors (Lipinski definition) is 1. The number of nitrogens with one attached hydrogen (secondary N) is 1. The van der Waals surface area contributed by atoms with E-state index < -0.39 is 0 Å². The fourth-order valence-corrected chi connectivity index (χ4v) is 5.82. The molecule has 232 valence electrons. The van der Waals surface area contributed by atoms with Crippen molar-refractivity contribution in [3.8, 4) is 57.0 Å². The predicted octanol–water partition coefficient (Wildman–Crippen LogP) is 6.32. The molecule has 10 nitrogen and oxygen atoms in total. The summed E-state index contributed by atoms with van der Waals surface area (Å²) in [7, 11) is 9.36. The van der Waals surface area contributed by atoms with Gasteiger partial charge < -0.3 is 33.7 Å². The second-order valence-electron chi connectivity index (χ2n) is 10.8. The lowest BCUT2D eigenvalue weighted by atomic mass is 9.86. The molecule has 1 heterocycles. The number of carbonyl (C=O) groups is 1. The average Bonchev–Trinajstić information content (AvgIpc) is 3.06. The molecule has 1 N–H and O–H groups in total. The van der Waals surface area contributed by atoms with Crippen LogP contribution >= 0.6 is 0 Å². The van der Waals surface area contributed by atoms with E-state index in [4.69, 9.17) is 38.4 Å². The van der Waals surface area contributed by atoms with E-state index in [2.05, 4.69) is 12.2 Å². The van der Waals surface area contributed by atoms with Crippen LogP contribution in [0, 0.1) is 5.92 Å². The highest BCUT2D eigenvalue weighted by atomic mass is 16.5. The molecule has 1 saturated carbocycles. The lowest BCUT2D eigenvalue weighted by Crippen LogP contribution is -2.41. The minimum Gasteiger partial charge on any atom is -0.493 e. The fourth-order valence-electron chi connectivity index (χ4n) is 5.82. The summed E-state index contributed by atoms with van der Waals surface area (Å²) in [5.41, 5.74) is 4.15. The summed E-state index contributed by atoms with van der Waals surface area (Å²) in [6, 6.07) is 12.8. The van der Waals surface area contributed by atoms with Crippen molar-refractivity contribution in [2.75, 3.05) is 42.7 Å². The van der Waals surface area contributed by atoms with Crippen LogP contribution in [0.2, 0.25) is 0 Å². The van der Waals surface area contributed by atoms with Gasteiger partial charge in [0, 0.05) is 22.7 Å². The van der Waals surface area contributed by atoms with Gasteiger partial charge in [0.15, 0.2) is 23.0 Å². The van der Waals surface area contributed by atoms with E-state index in [9.17, 15) is 4.79 Å². The Morgan fingerprint density at radius 1 is 0.659 bits per heavy atom. The Labute approximate surface area is 257 Å². The van der Waals surface area contributed by atoms with Crippen molar-refractivity contribution in [1.29, 1.82) is 0 Å². The summed E-state index contributed by atoms with van der Waals surface area (Å²) in [5, 5.41) is 3.24. The van der Waals surface area contributed by atoms with Gasteiger partial charge in [-0.15, -0.1) is 0 Å². The molecular formula is C34H39N3O7. The summed E-state index contributed by atoms with van der Waals surface area (Å²) >= 11 is 0. The summed E-state index contributed by atoms with van der Waals surface area (Å²) < 4.78 is 33.7. The third kappa shape index (κ3) is 5.89. The van der Waals surface area contributed by atoms with E-state index >= 15 is 0 Å². The number of methoxy groups -OCH3 is 6. The quantitative estimate of drug-likeness (QED) is 0.223. The number of aromatic nitrogens is 2. The molecule has 1 fully saturated rings. The molecule has 1 aliphatic rings. The molecule has 0 spiro atoms.